The van der Waals surface area contributed by atoms with E-state index in [-0.39, 0.29) is 0 Å². The minimum Gasteiger partial charge on any atom is -0.316 e. The first-order valence-corrected chi connectivity index (χ1v) is 4.40. The van der Waals surface area contributed by atoms with E-state index in [2.05, 4.69) is 35.5 Å². The summed E-state index contributed by atoms with van der Waals surface area (Å²) in [5, 5.41) is 7.44. The van der Waals surface area contributed by atoms with Gasteiger partial charge in [0.05, 0.1) is 11.7 Å². The van der Waals surface area contributed by atoms with Crippen molar-refractivity contribution in [1.29, 1.82) is 0 Å². The second kappa shape index (κ2) is 3.18. The minimum atomic E-state index is 0.868. The zero-order chi connectivity index (χ0) is 9.26. The summed E-state index contributed by atoms with van der Waals surface area (Å²) < 4.78 is 1.96. The first-order chi connectivity index (χ1) is 6.33. The summed E-state index contributed by atoms with van der Waals surface area (Å²) in [5.41, 5.74) is 3.60. The molecule has 0 spiro atoms. The fraction of sp³-hybridized carbons (Fsp3) is 0.300. The van der Waals surface area contributed by atoms with Crippen molar-refractivity contribution in [2.45, 2.75) is 13.5 Å². The molecule has 0 atom stereocenters. The van der Waals surface area contributed by atoms with E-state index >= 15 is 0 Å². The molecule has 0 radical (unpaired) electrons. The van der Waals surface area contributed by atoms with Gasteiger partial charge in [0.15, 0.2) is 0 Å². The number of aromatic nitrogens is 2. The maximum atomic E-state index is 4.31. The molecular formula is C10H13N3. The lowest BCUT2D eigenvalue weighted by atomic mass is 10.2. The van der Waals surface area contributed by atoms with Gasteiger partial charge >= 0.3 is 0 Å². The molecule has 2 heterocycles. The van der Waals surface area contributed by atoms with Crippen LogP contribution in [0.15, 0.2) is 24.4 Å². The molecule has 2 aromatic heterocycles. The van der Waals surface area contributed by atoms with Gasteiger partial charge < -0.3 is 5.32 Å². The van der Waals surface area contributed by atoms with Crippen LogP contribution in [0.25, 0.3) is 5.52 Å². The summed E-state index contributed by atoms with van der Waals surface area (Å²) in [6.07, 6.45) is 1.92. The van der Waals surface area contributed by atoms with Crippen LogP contribution in [0.1, 0.15) is 11.3 Å². The van der Waals surface area contributed by atoms with Crippen LogP contribution < -0.4 is 5.32 Å². The Bertz CT molecular complexity index is 417. The lowest BCUT2D eigenvalue weighted by Crippen LogP contribution is -2.04. The average Bonchev–Trinajstić information content (AvgIpc) is 2.51. The van der Waals surface area contributed by atoms with Gasteiger partial charge in [0.2, 0.25) is 0 Å². The normalized spacial score (nSPS) is 10.9. The maximum absolute atomic E-state index is 4.31. The molecule has 0 saturated carbocycles. The highest BCUT2D eigenvalue weighted by Crippen LogP contribution is 2.11. The summed E-state index contributed by atoms with van der Waals surface area (Å²) in [4.78, 5) is 0. The Kier molecular flexibility index (Phi) is 2.02. The highest BCUT2D eigenvalue weighted by atomic mass is 15.2. The van der Waals surface area contributed by atoms with Gasteiger partial charge in [0.1, 0.15) is 0 Å². The number of nitrogens with zero attached hydrogens (tertiary/aromatic N) is 2. The molecule has 0 aliphatic rings. The average molecular weight is 175 g/mol. The second-order valence-corrected chi connectivity index (χ2v) is 3.16. The Balaban J connectivity index is 2.61. The van der Waals surface area contributed by atoms with Crippen molar-refractivity contribution < 1.29 is 0 Å². The number of fused-ring (bicyclic) bond motifs is 1. The van der Waals surface area contributed by atoms with E-state index < -0.39 is 0 Å². The molecule has 0 aliphatic heterocycles. The van der Waals surface area contributed by atoms with E-state index in [0.717, 1.165) is 6.54 Å². The van der Waals surface area contributed by atoms with Gasteiger partial charge in [0, 0.05) is 17.8 Å². The predicted octanol–water partition coefficient (Wildman–Crippen LogP) is 1.36. The van der Waals surface area contributed by atoms with Crippen molar-refractivity contribution in [3.63, 3.8) is 0 Å². The Hall–Kier alpha value is -1.35. The Morgan fingerprint density at radius 1 is 1.46 bits per heavy atom. The molecule has 0 aliphatic carbocycles. The van der Waals surface area contributed by atoms with E-state index in [1.54, 1.807) is 0 Å². The number of hydrogen-bond donors (Lipinski definition) is 1. The fourth-order valence-corrected chi connectivity index (χ4v) is 1.53. The molecular weight excluding hydrogens is 162 g/mol. The second-order valence-electron chi connectivity index (χ2n) is 3.16. The van der Waals surface area contributed by atoms with Crippen LogP contribution in [0.5, 0.6) is 0 Å². The van der Waals surface area contributed by atoms with Gasteiger partial charge in [-0.15, -0.1) is 0 Å². The molecule has 13 heavy (non-hydrogen) atoms. The van der Waals surface area contributed by atoms with E-state index in [0.29, 0.717) is 0 Å². The van der Waals surface area contributed by atoms with E-state index in [1.165, 1.54) is 16.8 Å². The molecule has 68 valence electrons. The molecule has 0 amide bonds. The largest absolute Gasteiger partial charge is 0.316 e. The first-order valence-electron chi connectivity index (χ1n) is 4.40. The van der Waals surface area contributed by atoms with Gasteiger partial charge in [-0.1, -0.05) is 6.07 Å². The molecule has 0 bridgehead atoms. The third-order valence-electron chi connectivity index (χ3n) is 2.18. The van der Waals surface area contributed by atoms with Crippen molar-refractivity contribution in [2.24, 2.45) is 0 Å². The first kappa shape index (κ1) is 8.26. The van der Waals surface area contributed by atoms with E-state index in [4.69, 9.17) is 0 Å². The van der Waals surface area contributed by atoms with Crippen LogP contribution in [-0.4, -0.2) is 16.7 Å². The van der Waals surface area contributed by atoms with Crippen molar-refractivity contribution in [3.05, 3.63) is 35.7 Å². The number of nitrogens with one attached hydrogen (secondary N) is 1. The smallest absolute Gasteiger partial charge is 0.0709 e. The molecule has 0 saturated heterocycles. The van der Waals surface area contributed by atoms with Crippen molar-refractivity contribution in [3.8, 4) is 0 Å². The Morgan fingerprint density at radius 3 is 3.08 bits per heavy atom. The standard InChI is InChI=1S/C10H13N3/c1-8-4-3-5-10-9(6-11-2)7-12-13(8)10/h3-5,7,11H,6H2,1-2H3. The zero-order valence-electron chi connectivity index (χ0n) is 7.91. The van der Waals surface area contributed by atoms with Crippen LogP contribution in [0.4, 0.5) is 0 Å². The number of rotatable bonds is 2. The summed E-state index contributed by atoms with van der Waals surface area (Å²) in [6.45, 7) is 2.93. The molecule has 1 N–H and O–H groups in total. The number of aryl methyl sites for hydroxylation is 1. The van der Waals surface area contributed by atoms with Crippen LogP contribution in [0.3, 0.4) is 0 Å². The summed E-state index contributed by atoms with van der Waals surface area (Å²) >= 11 is 0. The van der Waals surface area contributed by atoms with Crippen LogP contribution in [-0.2, 0) is 6.54 Å². The topological polar surface area (TPSA) is 29.3 Å². The lowest BCUT2D eigenvalue weighted by Gasteiger charge is -1.99. The molecule has 2 aromatic rings. The zero-order valence-corrected chi connectivity index (χ0v) is 7.91. The third-order valence-corrected chi connectivity index (χ3v) is 2.18. The number of hydrogen-bond acceptors (Lipinski definition) is 2. The molecule has 0 fully saturated rings. The van der Waals surface area contributed by atoms with Crippen molar-refractivity contribution >= 4 is 5.52 Å². The fourth-order valence-electron chi connectivity index (χ4n) is 1.53. The van der Waals surface area contributed by atoms with Gasteiger partial charge in [-0.2, -0.15) is 5.10 Å². The molecule has 3 heteroatoms. The SMILES string of the molecule is CNCc1cnn2c(C)cccc12. The van der Waals surface area contributed by atoms with E-state index in [1.807, 2.05) is 17.8 Å². The summed E-state index contributed by atoms with van der Waals surface area (Å²) in [5.74, 6) is 0. The summed E-state index contributed by atoms with van der Waals surface area (Å²) in [7, 11) is 1.94. The van der Waals surface area contributed by atoms with Gasteiger partial charge in [0.25, 0.3) is 0 Å². The molecule has 2 rings (SSSR count). The summed E-state index contributed by atoms with van der Waals surface area (Å²) in [6, 6.07) is 6.21. The van der Waals surface area contributed by atoms with Crippen molar-refractivity contribution in [1.82, 2.24) is 14.9 Å². The van der Waals surface area contributed by atoms with Gasteiger partial charge in [-0.3, -0.25) is 0 Å². The van der Waals surface area contributed by atoms with Crippen LogP contribution >= 0.6 is 0 Å². The monoisotopic (exact) mass is 175 g/mol. The highest BCUT2D eigenvalue weighted by Gasteiger charge is 2.02. The molecule has 0 unspecified atom stereocenters. The van der Waals surface area contributed by atoms with E-state index in [9.17, 15) is 0 Å². The number of pyridine rings is 1. The van der Waals surface area contributed by atoms with Crippen molar-refractivity contribution in [2.75, 3.05) is 7.05 Å². The lowest BCUT2D eigenvalue weighted by molar-refractivity contribution is 0.823. The molecule has 3 nitrogen and oxygen atoms in total. The van der Waals surface area contributed by atoms with Crippen LogP contribution in [0, 0.1) is 6.92 Å². The van der Waals surface area contributed by atoms with Gasteiger partial charge in [-0.25, -0.2) is 4.52 Å². The van der Waals surface area contributed by atoms with Crippen LogP contribution in [0.2, 0.25) is 0 Å². The Morgan fingerprint density at radius 2 is 2.31 bits per heavy atom. The quantitative estimate of drug-likeness (QED) is 0.746. The van der Waals surface area contributed by atoms with Gasteiger partial charge in [-0.05, 0) is 26.1 Å². The molecule has 0 aromatic carbocycles. The maximum Gasteiger partial charge on any atom is 0.0709 e. The highest BCUT2D eigenvalue weighted by molar-refractivity contribution is 5.54. The third kappa shape index (κ3) is 1.31. The minimum absolute atomic E-state index is 0.868. The Labute approximate surface area is 77.4 Å². The predicted molar refractivity (Wildman–Crippen MR) is 52.7 cm³/mol.